The van der Waals surface area contributed by atoms with Crippen molar-refractivity contribution in [1.29, 1.82) is 0 Å². The van der Waals surface area contributed by atoms with E-state index in [-0.39, 0.29) is 12.5 Å². The molecule has 2 atom stereocenters. The molecule has 168 valence electrons. The Morgan fingerprint density at radius 1 is 1.19 bits per heavy atom. The number of ether oxygens (including phenoxy) is 2. The van der Waals surface area contributed by atoms with Gasteiger partial charge < -0.3 is 25.4 Å². The summed E-state index contributed by atoms with van der Waals surface area (Å²) in [7, 11) is 0. The monoisotopic (exact) mass is 473 g/mol. The molecule has 1 amide bonds. The van der Waals surface area contributed by atoms with Crippen molar-refractivity contribution in [1.82, 2.24) is 10.6 Å². The normalized spacial score (nSPS) is 16.5. The van der Waals surface area contributed by atoms with Gasteiger partial charge in [-0.2, -0.15) is 0 Å². The van der Waals surface area contributed by atoms with Gasteiger partial charge in [-0.05, 0) is 51.2 Å². The Kier molecular flexibility index (Phi) is 7.71. The highest BCUT2D eigenvalue weighted by atomic mass is 35.5. The molecule has 9 heteroatoms. The standard InChI is InChI=1S/C23H24ClN3O4S/c1-4-30-22(29)14(3)31-18-12-8-5-9-15(18)20-19(13(2)25-23(32)27-20)21(28)26-17-11-7-6-10-16(17)24/h5-12,14,20H,4H2,1-3H3,(H,26,28)(H2,25,27,32)/t14-,20+/m0/s1. The summed E-state index contributed by atoms with van der Waals surface area (Å²) in [5, 5.41) is 9.78. The van der Waals surface area contributed by atoms with Crippen LogP contribution in [0, 0.1) is 0 Å². The van der Waals surface area contributed by atoms with E-state index in [1.165, 1.54) is 0 Å². The zero-order chi connectivity index (χ0) is 23.3. The van der Waals surface area contributed by atoms with E-state index in [1.807, 2.05) is 12.1 Å². The van der Waals surface area contributed by atoms with Crippen molar-refractivity contribution >= 4 is 46.5 Å². The van der Waals surface area contributed by atoms with Crippen LogP contribution in [-0.2, 0) is 14.3 Å². The van der Waals surface area contributed by atoms with E-state index in [1.54, 1.807) is 57.2 Å². The molecule has 0 radical (unpaired) electrons. The number of halogens is 1. The number of hydrogen-bond donors (Lipinski definition) is 3. The molecule has 1 heterocycles. The summed E-state index contributed by atoms with van der Waals surface area (Å²) in [6.45, 7) is 5.37. The number of hydrogen-bond acceptors (Lipinski definition) is 5. The van der Waals surface area contributed by atoms with Gasteiger partial charge in [-0.25, -0.2) is 4.79 Å². The van der Waals surface area contributed by atoms with Crippen LogP contribution in [0.15, 0.2) is 59.8 Å². The van der Waals surface area contributed by atoms with Crippen LogP contribution in [0.2, 0.25) is 5.02 Å². The van der Waals surface area contributed by atoms with Crippen molar-refractivity contribution in [3.63, 3.8) is 0 Å². The minimum atomic E-state index is -0.824. The summed E-state index contributed by atoms with van der Waals surface area (Å²) in [5.41, 5.74) is 2.15. The van der Waals surface area contributed by atoms with Crippen LogP contribution in [0.4, 0.5) is 5.69 Å². The van der Waals surface area contributed by atoms with Crippen LogP contribution < -0.4 is 20.7 Å². The molecule has 7 nitrogen and oxygen atoms in total. The number of amides is 1. The minimum Gasteiger partial charge on any atom is -0.479 e. The molecular formula is C23H24ClN3O4S. The molecule has 0 aromatic heterocycles. The lowest BCUT2D eigenvalue weighted by molar-refractivity contribution is -0.150. The number of esters is 1. The van der Waals surface area contributed by atoms with E-state index in [2.05, 4.69) is 16.0 Å². The maximum Gasteiger partial charge on any atom is 0.347 e. The first kappa shape index (κ1) is 23.6. The van der Waals surface area contributed by atoms with Crippen molar-refractivity contribution in [2.75, 3.05) is 11.9 Å². The lowest BCUT2D eigenvalue weighted by Gasteiger charge is -2.31. The average Bonchev–Trinajstić information content (AvgIpc) is 2.75. The van der Waals surface area contributed by atoms with Crippen LogP contribution >= 0.6 is 23.8 Å². The summed E-state index contributed by atoms with van der Waals surface area (Å²) < 4.78 is 10.9. The Balaban J connectivity index is 1.96. The van der Waals surface area contributed by atoms with Crippen LogP contribution in [0.1, 0.15) is 32.4 Å². The van der Waals surface area contributed by atoms with E-state index < -0.39 is 18.1 Å². The predicted molar refractivity (Wildman–Crippen MR) is 128 cm³/mol. The Morgan fingerprint density at radius 3 is 2.59 bits per heavy atom. The molecule has 0 saturated heterocycles. The average molecular weight is 474 g/mol. The molecule has 0 saturated carbocycles. The number of benzene rings is 2. The Hall–Kier alpha value is -3.10. The number of para-hydroxylation sites is 2. The lowest BCUT2D eigenvalue weighted by atomic mass is 9.94. The van der Waals surface area contributed by atoms with E-state index in [4.69, 9.17) is 33.3 Å². The van der Waals surface area contributed by atoms with Crippen LogP contribution in [0.3, 0.4) is 0 Å². The summed E-state index contributed by atoms with van der Waals surface area (Å²) in [5.74, 6) is -0.387. The van der Waals surface area contributed by atoms with Crippen LogP contribution in [0.25, 0.3) is 0 Å². The molecule has 0 spiro atoms. The van der Waals surface area contributed by atoms with Gasteiger partial charge in [-0.15, -0.1) is 0 Å². The number of allylic oxidation sites excluding steroid dienone is 1. The number of anilines is 1. The SMILES string of the molecule is CCOC(=O)[C@H](C)Oc1ccccc1[C@H]1NC(=S)NC(C)=C1C(=O)Nc1ccccc1Cl. The smallest absolute Gasteiger partial charge is 0.347 e. The Morgan fingerprint density at radius 2 is 1.88 bits per heavy atom. The van der Waals surface area contributed by atoms with Gasteiger partial charge in [0.1, 0.15) is 5.75 Å². The van der Waals surface area contributed by atoms with Crippen LogP contribution in [-0.4, -0.2) is 29.7 Å². The predicted octanol–water partition coefficient (Wildman–Crippen LogP) is 4.10. The second kappa shape index (κ2) is 10.5. The fourth-order valence-corrected chi connectivity index (χ4v) is 3.76. The molecule has 0 bridgehead atoms. The van der Waals surface area contributed by atoms with Gasteiger partial charge in [0.05, 0.1) is 28.9 Å². The molecule has 0 fully saturated rings. The van der Waals surface area contributed by atoms with Crippen molar-refractivity contribution in [3.05, 3.63) is 70.4 Å². The highest BCUT2D eigenvalue weighted by Gasteiger charge is 2.32. The molecule has 2 aromatic rings. The quantitative estimate of drug-likeness (QED) is 0.412. The second-order valence-corrected chi connectivity index (χ2v) is 7.87. The first-order valence-corrected chi connectivity index (χ1v) is 10.9. The van der Waals surface area contributed by atoms with Gasteiger partial charge in [0.25, 0.3) is 5.91 Å². The first-order valence-electron chi connectivity index (χ1n) is 10.1. The molecule has 2 aromatic carbocycles. The Bertz CT molecular complexity index is 1070. The van der Waals surface area contributed by atoms with Gasteiger partial charge in [0.2, 0.25) is 0 Å². The van der Waals surface area contributed by atoms with Crippen molar-refractivity contribution in [3.8, 4) is 5.75 Å². The fourth-order valence-electron chi connectivity index (χ4n) is 3.30. The molecule has 32 heavy (non-hydrogen) atoms. The van der Waals surface area contributed by atoms with Gasteiger partial charge in [-0.1, -0.05) is 41.9 Å². The van der Waals surface area contributed by atoms with E-state index in [0.717, 1.165) is 0 Å². The number of carbonyl (C=O) groups excluding carboxylic acids is 2. The number of rotatable bonds is 7. The van der Waals surface area contributed by atoms with E-state index in [9.17, 15) is 9.59 Å². The molecule has 1 aliphatic rings. The zero-order valence-corrected chi connectivity index (χ0v) is 19.5. The third kappa shape index (κ3) is 5.38. The maximum absolute atomic E-state index is 13.3. The summed E-state index contributed by atoms with van der Waals surface area (Å²) in [6, 6.07) is 13.5. The van der Waals surface area contributed by atoms with Crippen molar-refractivity contribution in [2.45, 2.75) is 32.9 Å². The molecule has 0 unspecified atom stereocenters. The topological polar surface area (TPSA) is 88.7 Å². The van der Waals surface area contributed by atoms with E-state index in [0.29, 0.717) is 38.4 Å². The highest BCUT2D eigenvalue weighted by Crippen LogP contribution is 2.34. The lowest BCUT2D eigenvalue weighted by Crippen LogP contribution is -2.46. The van der Waals surface area contributed by atoms with Crippen LogP contribution in [0.5, 0.6) is 5.75 Å². The Labute approximate surface area is 197 Å². The molecule has 1 aliphatic heterocycles. The van der Waals surface area contributed by atoms with Gasteiger partial charge in [-0.3, -0.25) is 4.79 Å². The van der Waals surface area contributed by atoms with Gasteiger partial charge in [0.15, 0.2) is 11.2 Å². The van der Waals surface area contributed by atoms with Gasteiger partial charge in [0, 0.05) is 11.3 Å². The largest absolute Gasteiger partial charge is 0.479 e. The maximum atomic E-state index is 13.3. The number of carbonyl (C=O) groups is 2. The molecule has 0 aliphatic carbocycles. The van der Waals surface area contributed by atoms with Crippen molar-refractivity contribution in [2.24, 2.45) is 0 Å². The third-order valence-corrected chi connectivity index (χ3v) is 5.34. The highest BCUT2D eigenvalue weighted by molar-refractivity contribution is 7.80. The van der Waals surface area contributed by atoms with Crippen molar-refractivity contribution < 1.29 is 19.1 Å². The summed E-state index contributed by atoms with van der Waals surface area (Å²) in [6.07, 6.45) is -0.824. The molecule has 3 rings (SSSR count). The summed E-state index contributed by atoms with van der Waals surface area (Å²) in [4.78, 5) is 25.3. The summed E-state index contributed by atoms with van der Waals surface area (Å²) >= 11 is 11.5. The number of thiocarbonyl (C=S) groups is 1. The van der Waals surface area contributed by atoms with Gasteiger partial charge >= 0.3 is 5.97 Å². The molecular weight excluding hydrogens is 450 g/mol. The number of nitrogens with one attached hydrogen (secondary N) is 3. The van der Waals surface area contributed by atoms with E-state index >= 15 is 0 Å². The fraction of sp³-hybridized carbons (Fsp3) is 0.261. The first-order chi connectivity index (χ1) is 15.3. The molecule has 3 N–H and O–H groups in total. The third-order valence-electron chi connectivity index (χ3n) is 4.79. The zero-order valence-electron chi connectivity index (χ0n) is 17.9. The second-order valence-electron chi connectivity index (χ2n) is 7.05. The minimum absolute atomic E-state index is 0.257.